The molecule has 6 heteroatoms. The molecule has 20 heavy (non-hydrogen) atoms. The molecule has 1 aliphatic heterocycles. The molecule has 0 bridgehead atoms. The van der Waals surface area contributed by atoms with Gasteiger partial charge < -0.3 is 15.7 Å². The molecule has 1 saturated heterocycles. The number of carbonyl (C=O) groups excluding carboxylic acids is 1. The first-order valence-corrected chi connectivity index (χ1v) is 7.49. The lowest BCUT2D eigenvalue weighted by molar-refractivity contribution is -0.145. The Balaban J connectivity index is 1.90. The van der Waals surface area contributed by atoms with Gasteiger partial charge in [0.1, 0.15) is 6.04 Å². The van der Waals surface area contributed by atoms with Crippen LogP contribution in [-0.4, -0.2) is 64.5 Å². The summed E-state index contributed by atoms with van der Waals surface area (Å²) in [4.78, 5) is 27.2. The maximum Gasteiger partial charge on any atom is 0.320 e. The summed E-state index contributed by atoms with van der Waals surface area (Å²) < 4.78 is 0. The number of carboxylic acids is 1. The van der Waals surface area contributed by atoms with Crippen LogP contribution in [0.5, 0.6) is 0 Å². The Hall–Kier alpha value is -1.14. The van der Waals surface area contributed by atoms with Gasteiger partial charge in [-0.1, -0.05) is 19.3 Å². The third kappa shape index (κ3) is 3.12. The van der Waals surface area contributed by atoms with Gasteiger partial charge in [0.05, 0.1) is 5.54 Å². The van der Waals surface area contributed by atoms with Gasteiger partial charge in [0.15, 0.2) is 0 Å². The quantitative estimate of drug-likeness (QED) is 0.776. The fraction of sp³-hybridized carbons (Fsp3) is 0.857. The Bertz CT molecular complexity index is 372. The van der Waals surface area contributed by atoms with E-state index in [4.69, 9.17) is 10.8 Å². The average molecular weight is 283 g/mol. The summed E-state index contributed by atoms with van der Waals surface area (Å²) >= 11 is 0. The topological polar surface area (TPSA) is 86.9 Å². The molecule has 1 saturated carbocycles. The largest absolute Gasteiger partial charge is 0.480 e. The van der Waals surface area contributed by atoms with Crippen molar-refractivity contribution in [3.8, 4) is 0 Å². The summed E-state index contributed by atoms with van der Waals surface area (Å²) in [5.41, 5.74) is 5.60. The second-order valence-corrected chi connectivity index (χ2v) is 6.06. The summed E-state index contributed by atoms with van der Waals surface area (Å²) in [5.74, 6) is -0.757. The van der Waals surface area contributed by atoms with Gasteiger partial charge in [-0.2, -0.15) is 0 Å². The van der Waals surface area contributed by atoms with Crippen molar-refractivity contribution in [1.82, 2.24) is 9.80 Å². The number of carbonyl (C=O) groups is 2. The van der Waals surface area contributed by atoms with Crippen molar-refractivity contribution in [3.63, 3.8) is 0 Å². The molecule has 1 amide bonds. The van der Waals surface area contributed by atoms with E-state index in [1.165, 1.54) is 0 Å². The Morgan fingerprint density at radius 1 is 1.10 bits per heavy atom. The molecule has 1 atom stereocenters. The molecule has 0 spiro atoms. The summed E-state index contributed by atoms with van der Waals surface area (Å²) in [6.07, 6.45) is 4.77. The summed E-state index contributed by atoms with van der Waals surface area (Å²) in [5, 5.41) is 9.01. The Morgan fingerprint density at radius 3 is 2.15 bits per heavy atom. The van der Waals surface area contributed by atoms with Crippen molar-refractivity contribution in [2.24, 2.45) is 5.73 Å². The van der Waals surface area contributed by atoms with Crippen molar-refractivity contribution in [2.75, 3.05) is 26.2 Å². The summed E-state index contributed by atoms with van der Waals surface area (Å²) in [7, 11) is 0. The minimum absolute atomic E-state index is 0.0554. The van der Waals surface area contributed by atoms with Crippen LogP contribution in [0.2, 0.25) is 0 Å². The Labute approximate surface area is 119 Å². The van der Waals surface area contributed by atoms with Gasteiger partial charge in [-0.05, 0) is 19.8 Å². The van der Waals surface area contributed by atoms with Crippen LogP contribution >= 0.6 is 0 Å². The normalized spacial score (nSPS) is 25.2. The monoisotopic (exact) mass is 283 g/mol. The van der Waals surface area contributed by atoms with Crippen molar-refractivity contribution < 1.29 is 14.7 Å². The third-order valence-electron chi connectivity index (χ3n) is 4.68. The number of hydrogen-bond donors (Lipinski definition) is 2. The van der Waals surface area contributed by atoms with Crippen LogP contribution in [-0.2, 0) is 9.59 Å². The SMILES string of the molecule is CC(C(=O)O)N1CCN(C(=O)C2(N)CCCCC2)CC1. The summed E-state index contributed by atoms with van der Waals surface area (Å²) in [6.45, 7) is 4.06. The molecular weight excluding hydrogens is 258 g/mol. The maximum atomic E-state index is 12.6. The van der Waals surface area contributed by atoms with E-state index in [1.54, 1.807) is 6.92 Å². The minimum Gasteiger partial charge on any atom is -0.480 e. The van der Waals surface area contributed by atoms with Gasteiger partial charge in [-0.15, -0.1) is 0 Å². The van der Waals surface area contributed by atoms with Gasteiger partial charge in [0.2, 0.25) is 5.91 Å². The van der Waals surface area contributed by atoms with Crippen LogP contribution in [0.15, 0.2) is 0 Å². The predicted octanol–water partition coefficient (Wildman–Crippen LogP) is 0.265. The first-order valence-electron chi connectivity index (χ1n) is 7.49. The molecule has 0 aromatic rings. The molecular formula is C14H25N3O3. The lowest BCUT2D eigenvalue weighted by Crippen LogP contribution is -2.61. The number of amides is 1. The van der Waals surface area contributed by atoms with Crippen LogP contribution in [0.4, 0.5) is 0 Å². The van der Waals surface area contributed by atoms with Crippen molar-refractivity contribution in [3.05, 3.63) is 0 Å². The second kappa shape index (κ2) is 6.10. The average Bonchev–Trinajstić information content (AvgIpc) is 2.46. The molecule has 2 aliphatic rings. The summed E-state index contributed by atoms with van der Waals surface area (Å²) in [6, 6.07) is -0.492. The molecule has 1 aliphatic carbocycles. The lowest BCUT2D eigenvalue weighted by Gasteiger charge is -2.41. The zero-order valence-electron chi connectivity index (χ0n) is 12.2. The van der Waals surface area contributed by atoms with Gasteiger partial charge in [0.25, 0.3) is 0 Å². The van der Waals surface area contributed by atoms with Crippen LogP contribution in [0.1, 0.15) is 39.0 Å². The number of piperazine rings is 1. The van der Waals surface area contributed by atoms with Gasteiger partial charge >= 0.3 is 5.97 Å². The third-order valence-corrected chi connectivity index (χ3v) is 4.68. The molecule has 114 valence electrons. The van der Waals surface area contributed by atoms with E-state index in [0.717, 1.165) is 32.1 Å². The van der Waals surface area contributed by atoms with Gasteiger partial charge in [0, 0.05) is 26.2 Å². The van der Waals surface area contributed by atoms with E-state index in [0.29, 0.717) is 26.2 Å². The maximum absolute atomic E-state index is 12.6. The first kappa shape index (κ1) is 15.3. The fourth-order valence-corrected chi connectivity index (χ4v) is 3.18. The lowest BCUT2D eigenvalue weighted by atomic mass is 9.81. The number of nitrogens with zero attached hydrogens (tertiary/aromatic N) is 2. The standard InChI is InChI=1S/C14H25N3O3/c1-11(12(18)19)16-7-9-17(10-8-16)13(20)14(15)5-3-2-4-6-14/h11H,2-10,15H2,1H3,(H,18,19). The number of carboxylic acid groups (broad SMARTS) is 1. The molecule has 1 unspecified atom stereocenters. The highest BCUT2D eigenvalue weighted by atomic mass is 16.4. The van der Waals surface area contributed by atoms with Crippen LogP contribution in [0.3, 0.4) is 0 Å². The van der Waals surface area contributed by atoms with Gasteiger partial charge in [-0.25, -0.2) is 0 Å². The highest BCUT2D eigenvalue weighted by Gasteiger charge is 2.39. The predicted molar refractivity (Wildman–Crippen MR) is 75.3 cm³/mol. The number of hydrogen-bond acceptors (Lipinski definition) is 4. The molecule has 3 N–H and O–H groups in total. The van der Waals surface area contributed by atoms with Gasteiger partial charge in [-0.3, -0.25) is 14.5 Å². The van der Waals surface area contributed by atoms with E-state index in [9.17, 15) is 9.59 Å². The highest BCUT2D eigenvalue weighted by molar-refractivity contribution is 5.86. The first-order chi connectivity index (χ1) is 9.44. The smallest absolute Gasteiger partial charge is 0.320 e. The van der Waals surface area contributed by atoms with E-state index in [-0.39, 0.29) is 5.91 Å². The molecule has 2 fully saturated rings. The molecule has 1 heterocycles. The van der Waals surface area contributed by atoms with E-state index in [1.807, 2.05) is 9.80 Å². The molecule has 6 nitrogen and oxygen atoms in total. The van der Waals surface area contributed by atoms with Crippen LogP contribution in [0.25, 0.3) is 0 Å². The highest BCUT2D eigenvalue weighted by Crippen LogP contribution is 2.28. The number of aliphatic carboxylic acids is 1. The minimum atomic E-state index is -0.813. The zero-order chi connectivity index (χ0) is 14.8. The molecule has 0 radical (unpaired) electrons. The van der Waals surface area contributed by atoms with E-state index >= 15 is 0 Å². The number of rotatable bonds is 3. The van der Waals surface area contributed by atoms with Crippen molar-refractivity contribution in [2.45, 2.75) is 50.6 Å². The Kier molecular flexibility index (Phi) is 4.65. The van der Waals surface area contributed by atoms with E-state index in [2.05, 4.69) is 0 Å². The molecule has 0 aromatic carbocycles. The van der Waals surface area contributed by atoms with Crippen molar-refractivity contribution in [1.29, 1.82) is 0 Å². The van der Waals surface area contributed by atoms with E-state index < -0.39 is 17.6 Å². The van der Waals surface area contributed by atoms with Crippen molar-refractivity contribution >= 4 is 11.9 Å². The molecule has 2 rings (SSSR count). The van der Waals surface area contributed by atoms with Crippen LogP contribution in [0, 0.1) is 0 Å². The fourth-order valence-electron chi connectivity index (χ4n) is 3.18. The van der Waals surface area contributed by atoms with Crippen LogP contribution < -0.4 is 5.73 Å². The zero-order valence-corrected chi connectivity index (χ0v) is 12.2. The Morgan fingerprint density at radius 2 is 1.65 bits per heavy atom. The second-order valence-electron chi connectivity index (χ2n) is 6.06. The molecule has 0 aromatic heterocycles. The number of nitrogens with two attached hydrogens (primary N) is 1.